The first-order chi connectivity index (χ1) is 9.14. The van der Waals surface area contributed by atoms with Crippen molar-refractivity contribution < 1.29 is 0 Å². The van der Waals surface area contributed by atoms with Crippen LogP contribution in [0.3, 0.4) is 0 Å². The van der Waals surface area contributed by atoms with Gasteiger partial charge in [-0.25, -0.2) is 0 Å². The number of hydrazone groups is 1. The lowest BCUT2D eigenvalue weighted by Gasteiger charge is -2.23. The molecule has 96 valence electrons. The Labute approximate surface area is 113 Å². The minimum atomic E-state index is -0.0153. The van der Waals surface area contributed by atoms with E-state index in [-0.39, 0.29) is 5.54 Å². The number of nitrogens with one attached hydrogen (secondary N) is 1. The SMILES string of the molecule is CC1(C)Cc2cc(-c3ccncc3)ccc2C=NN1. The summed E-state index contributed by atoms with van der Waals surface area (Å²) >= 11 is 0. The Bertz CT molecular complexity index is 615. The van der Waals surface area contributed by atoms with Crippen LogP contribution in [-0.4, -0.2) is 16.7 Å². The van der Waals surface area contributed by atoms with Crippen LogP contribution < -0.4 is 5.43 Å². The van der Waals surface area contributed by atoms with Gasteiger partial charge < -0.3 is 5.43 Å². The largest absolute Gasteiger partial charge is 0.304 e. The van der Waals surface area contributed by atoms with Crippen molar-refractivity contribution in [3.63, 3.8) is 0 Å². The molecule has 3 heteroatoms. The summed E-state index contributed by atoms with van der Waals surface area (Å²) in [6.45, 7) is 4.33. The van der Waals surface area contributed by atoms with Crippen molar-refractivity contribution in [3.05, 3.63) is 53.9 Å². The first-order valence-corrected chi connectivity index (χ1v) is 6.48. The summed E-state index contributed by atoms with van der Waals surface area (Å²) in [6, 6.07) is 10.6. The first kappa shape index (κ1) is 11.9. The summed E-state index contributed by atoms with van der Waals surface area (Å²) in [4.78, 5) is 4.07. The summed E-state index contributed by atoms with van der Waals surface area (Å²) in [5, 5.41) is 4.28. The molecule has 3 nitrogen and oxygen atoms in total. The fourth-order valence-corrected chi connectivity index (χ4v) is 2.40. The molecule has 0 saturated carbocycles. The number of benzene rings is 1. The molecule has 0 fully saturated rings. The van der Waals surface area contributed by atoms with Crippen LogP contribution in [0.4, 0.5) is 0 Å². The highest BCUT2D eigenvalue weighted by Crippen LogP contribution is 2.25. The molecule has 1 aliphatic rings. The summed E-state index contributed by atoms with van der Waals surface area (Å²) in [6.07, 6.45) is 6.52. The molecule has 1 aromatic heterocycles. The molecule has 0 aliphatic carbocycles. The van der Waals surface area contributed by atoms with Crippen LogP contribution in [0.5, 0.6) is 0 Å². The van der Waals surface area contributed by atoms with Crippen molar-refractivity contribution in [2.45, 2.75) is 25.8 Å². The number of pyridine rings is 1. The second-order valence-electron chi connectivity index (χ2n) is 5.58. The maximum Gasteiger partial charge on any atom is 0.0543 e. The van der Waals surface area contributed by atoms with Crippen molar-refractivity contribution >= 4 is 6.21 Å². The Kier molecular flexibility index (Phi) is 2.82. The van der Waals surface area contributed by atoms with Crippen molar-refractivity contribution in [1.82, 2.24) is 10.4 Å². The number of hydrogen-bond acceptors (Lipinski definition) is 3. The number of fused-ring (bicyclic) bond motifs is 1. The zero-order valence-corrected chi connectivity index (χ0v) is 11.2. The van der Waals surface area contributed by atoms with Crippen LogP contribution in [0.2, 0.25) is 0 Å². The number of hydrogen-bond donors (Lipinski definition) is 1. The molecule has 1 aromatic carbocycles. The van der Waals surface area contributed by atoms with E-state index in [9.17, 15) is 0 Å². The van der Waals surface area contributed by atoms with E-state index in [0.29, 0.717) is 0 Å². The number of aromatic nitrogens is 1. The van der Waals surface area contributed by atoms with Crippen LogP contribution >= 0.6 is 0 Å². The van der Waals surface area contributed by atoms with Crippen molar-refractivity contribution in [2.75, 3.05) is 0 Å². The van der Waals surface area contributed by atoms with Crippen LogP contribution in [0.1, 0.15) is 25.0 Å². The van der Waals surface area contributed by atoms with E-state index in [4.69, 9.17) is 0 Å². The predicted molar refractivity (Wildman–Crippen MR) is 78.2 cm³/mol. The second kappa shape index (κ2) is 4.50. The molecule has 3 rings (SSSR count). The van der Waals surface area contributed by atoms with E-state index in [2.05, 4.69) is 47.6 Å². The van der Waals surface area contributed by atoms with Crippen molar-refractivity contribution in [1.29, 1.82) is 0 Å². The van der Waals surface area contributed by atoms with E-state index in [1.165, 1.54) is 22.3 Å². The zero-order valence-electron chi connectivity index (χ0n) is 11.2. The Balaban J connectivity index is 2.05. The van der Waals surface area contributed by atoms with Gasteiger partial charge >= 0.3 is 0 Å². The van der Waals surface area contributed by atoms with E-state index in [0.717, 1.165) is 6.42 Å². The van der Waals surface area contributed by atoms with E-state index in [1.54, 1.807) is 0 Å². The van der Waals surface area contributed by atoms with Gasteiger partial charge in [-0.15, -0.1) is 0 Å². The smallest absolute Gasteiger partial charge is 0.0543 e. The fraction of sp³-hybridized carbons (Fsp3) is 0.250. The van der Waals surface area contributed by atoms with Crippen LogP contribution in [0.25, 0.3) is 11.1 Å². The fourth-order valence-electron chi connectivity index (χ4n) is 2.40. The lowest BCUT2D eigenvalue weighted by molar-refractivity contribution is 0.402. The average Bonchev–Trinajstić information content (AvgIpc) is 2.55. The summed E-state index contributed by atoms with van der Waals surface area (Å²) < 4.78 is 0. The molecule has 2 aromatic rings. The Morgan fingerprint density at radius 2 is 1.84 bits per heavy atom. The second-order valence-corrected chi connectivity index (χ2v) is 5.58. The quantitative estimate of drug-likeness (QED) is 0.846. The topological polar surface area (TPSA) is 37.3 Å². The number of nitrogens with zero attached hydrogens (tertiary/aromatic N) is 2. The monoisotopic (exact) mass is 251 g/mol. The third kappa shape index (κ3) is 2.50. The van der Waals surface area contributed by atoms with E-state index < -0.39 is 0 Å². The molecule has 0 bridgehead atoms. The molecule has 19 heavy (non-hydrogen) atoms. The maximum absolute atomic E-state index is 4.28. The maximum atomic E-state index is 4.28. The summed E-state index contributed by atoms with van der Waals surface area (Å²) in [7, 11) is 0. The van der Waals surface area contributed by atoms with Crippen LogP contribution in [0.15, 0.2) is 47.8 Å². The first-order valence-electron chi connectivity index (χ1n) is 6.48. The Morgan fingerprint density at radius 1 is 1.05 bits per heavy atom. The highest BCUT2D eigenvalue weighted by Gasteiger charge is 2.21. The molecule has 0 atom stereocenters. The van der Waals surface area contributed by atoms with Crippen molar-refractivity contribution in [3.8, 4) is 11.1 Å². The molecule has 0 amide bonds. The summed E-state index contributed by atoms with van der Waals surface area (Å²) in [5.41, 5.74) is 8.12. The van der Waals surface area contributed by atoms with Gasteiger partial charge in [-0.2, -0.15) is 5.10 Å². The zero-order chi connectivity index (χ0) is 13.3. The van der Waals surface area contributed by atoms with E-state index >= 15 is 0 Å². The molecular formula is C16H17N3. The molecule has 1 aliphatic heterocycles. The number of rotatable bonds is 1. The van der Waals surface area contributed by atoms with Gasteiger partial charge in [0.25, 0.3) is 0 Å². The molecule has 1 N–H and O–H groups in total. The normalized spacial score (nSPS) is 16.3. The Hall–Kier alpha value is -2.16. The molecule has 0 spiro atoms. The predicted octanol–water partition coefficient (Wildman–Crippen LogP) is 3.01. The third-order valence-corrected chi connectivity index (χ3v) is 3.36. The lowest BCUT2D eigenvalue weighted by Crippen LogP contribution is -2.36. The average molecular weight is 251 g/mol. The minimum Gasteiger partial charge on any atom is -0.304 e. The van der Waals surface area contributed by atoms with Crippen LogP contribution in [0, 0.1) is 0 Å². The highest BCUT2D eigenvalue weighted by atomic mass is 15.3. The summed E-state index contributed by atoms with van der Waals surface area (Å²) in [5.74, 6) is 0. The van der Waals surface area contributed by atoms with Gasteiger partial charge in [-0.05, 0) is 54.7 Å². The van der Waals surface area contributed by atoms with Gasteiger partial charge in [-0.1, -0.05) is 18.2 Å². The van der Waals surface area contributed by atoms with Gasteiger partial charge in [0.05, 0.1) is 11.8 Å². The van der Waals surface area contributed by atoms with Gasteiger partial charge in [-0.3, -0.25) is 4.98 Å². The standard InChI is InChI=1S/C16H17N3/c1-16(2)10-15-9-13(12-5-7-17-8-6-12)3-4-14(15)11-18-19-16/h3-9,11,19H,10H2,1-2H3. The molecule has 0 unspecified atom stereocenters. The van der Waals surface area contributed by atoms with Gasteiger partial charge in [0.15, 0.2) is 0 Å². The van der Waals surface area contributed by atoms with Crippen LogP contribution in [-0.2, 0) is 6.42 Å². The molecular weight excluding hydrogens is 234 g/mol. The Morgan fingerprint density at radius 3 is 2.63 bits per heavy atom. The van der Waals surface area contributed by atoms with Crippen molar-refractivity contribution in [2.24, 2.45) is 5.10 Å². The van der Waals surface area contributed by atoms with E-state index in [1.807, 2.05) is 30.7 Å². The highest BCUT2D eigenvalue weighted by molar-refractivity contribution is 5.83. The molecule has 0 radical (unpaired) electrons. The van der Waals surface area contributed by atoms with Gasteiger partial charge in [0.1, 0.15) is 0 Å². The third-order valence-electron chi connectivity index (χ3n) is 3.36. The van der Waals surface area contributed by atoms with Gasteiger partial charge in [0.2, 0.25) is 0 Å². The minimum absolute atomic E-state index is 0.0153. The van der Waals surface area contributed by atoms with Gasteiger partial charge in [0, 0.05) is 12.4 Å². The lowest BCUT2D eigenvalue weighted by atomic mass is 9.91. The molecule has 0 saturated heterocycles. The molecule has 2 heterocycles.